The lowest BCUT2D eigenvalue weighted by molar-refractivity contribution is 0.0696. The Labute approximate surface area is 127 Å². The summed E-state index contributed by atoms with van der Waals surface area (Å²) in [7, 11) is 0. The van der Waals surface area contributed by atoms with Crippen LogP contribution in [0.2, 0.25) is 0 Å². The molecule has 0 radical (unpaired) electrons. The highest BCUT2D eigenvalue weighted by molar-refractivity contribution is 5.93. The number of aliphatic hydroxyl groups is 2. The smallest absolute Gasteiger partial charge is 0.337 e. The number of benzene rings is 1. The second-order valence-corrected chi connectivity index (χ2v) is 5.09. The molecule has 0 spiro atoms. The summed E-state index contributed by atoms with van der Waals surface area (Å²) in [6.45, 7) is 3.48. The van der Waals surface area contributed by atoms with E-state index in [9.17, 15) is 15.0 Å². The number of aromatic nitrogens is 2. The molecule has 0 fully saturated rings. The Morgan fingerprint density at radius 1 is 1.36 bits per heavy atom. The number of aliphatic hydroxyl groups excluding tert-OH is 2. The van der Waals surface area contributed by atoms with Gasteiger partial charge in [0.1, 0.15) is 0 Å². The van der Waals surface area contributed by atoms with Crippen molar-refractivity contribution >= 4 is 11.7 Å². The summed E-state index contributed by atoms with van der Waals surface area (Å²) < 4.78 is 1.59. The summed E-state index contributed by atoms with van der Waals surface area (Å²) in [5.41, 5.74) is 2.79. The number of carboxylic acids is 1. The Morgan fingerprint density at radius 2 is 2.09 bits per heavy atom. The third-order valence-corrected chi connectivity index (χ3v) is 3.22. The largest absolute Gasteiger partial charge is 0.478 e. The van der Waals surface area contributed by atoms with Gasteiger partial charge in [0, 0.05) is 17.9 Å². The number of hydrogen-bond donors (Lipinski definition) is 4. The van der Waals surface area contributed by atoms with E-state index in [1.54, 1.807) is 16.8 Å². The zero-order chi connectivity index (χ0) is 16.3. The Balaban J connectivity index is 2.36. The third kappa shape index (κ3) is 3.44. The summed E-state index contributed by atoms with van der Waals surface area (Å²) in [4.78, 5) is 11.5. The average Bonchev–Trinajstić information content (AvgIpc) is 2.82. The van der Waals surface area contributed by atoms with E-state index in [0.29, 0.717) is 11.4 Å². The zero-order valence-corrected chi connectivity index (χ0v) is 12.4. The minimum atomic E-state index is -1.06. The minimum absolute atomic E-state index is 0.106. The lowest BCUT2D eigenvalue weighted by Gasteiger charge is -2.13. The van der Waals surface area contributed by atoms with Gasteiger partial charge < -0.3 is 20.6 Å². The molecule has 7 heteroatoms. The Morgan fingerprint density at radius 3 is 2.64 bits per heavy atom. The quantitative estimate of drug-likeness (QED) is 0.633. The predicted molar refractivity (Wildman–Crippen MR) is 81.6 cm³/mol. The molecular weight excluding hydrogens is 286 g/mol. The normalized spacial score (nSPS) is 12.2. The van der Waals surface area contributed by atoms with Crippen LogP contribution in [0.25, 0.3) is 5.69 Å². The number of carboxylic acid groups (broad SMARTS) is 1. The number of rotatable bonds is 6. The molecule has 0 amide bonds. The van der Waals surface area contributed by atoms with E-state index in [0.717, 1.165) is 11.4 Å². The fraction of sp³-hybridized carbons (Fsp3) is 0.333. The molecule has 0 saturated carbocycles. The SMILES string of the molecule is Cc1cc(C)n(-c2ccc(NCC(O)CO)cc2C(=O)O)n1. The molecule has 1 atom stereocenters. The number of nitrogens with zero attached hydrogens (tertiary/aromatic N) is 2. The van der Waals surface area contributed by atoms with Crippen molar-refractivity contribution in [3.8, 4) is 5.69 Å². The molecule has 22 heavy (non-hydrogen) atoms. The van der Waals surface area contributed by atoms with Crippen LogP contribution in [0.4, 0.5) is 5.69 Å². The van der Waals surface area contributed by atoms with Crippen molar-refractivity contribution in [3.63, 3.8) is 0 Å². The molecular formula is C15H19N3O4. The van der Waals surface area contributed by atoms with Gasteiger partial charge >= 0.3 is 5.97 Å². The van der Waals surface area contributed by atoms with Crippen molar-refractivity contribution in [2.45, 2.75) is 20.0 Å². The van der Waals surface area contributed by atoms with E-state index in [-0.39, 0.29) is 18.7 Å². The van der Waals surface area contributed by atoms with Gasteiger partial charge in [-0.05, 0) is 38.1 Å². The molecule has 1 unspecified atom stereocenters. The Bertz CT molecular complexity index is 681. The molecule has 7 nitrogen and oxygen atoms in total. The topological polar surface area (TPSA) is 108 Å². The zero-order valence-electron chi connectivity index (χ0n) is 12.4. The summed E-state index contributed by atoms with van der Waals surface area (Å²) in [5.74, 6) is -1.06. The third-order valence-electron chi connectivity index (χ3n) is 3.22. The lowest BCUT2D eigenvalue weighted by atomic mass is 10.1. The number of aryl methyl sites for hydroxylation is 2. The van der Waals surface area contributed by atoms with Gasteiger partial charge in [-0.15, -0.1) is 0 Å². The molecule has 1 heterocycles. The van der Waals surface area contributed by atoms with Crippen molar-refractivity contribution in [2.75, 3.05) is 18.5 Å². The van der Waals surface area contributed by atoms with Gasteiger partial charge in [0.25, 0.3) is 0 Å². The van der Waals surface area contributed by atoms with Gasteiger partial charge in [-0.25, -0.2) is 9.48 Å². The van der Waals surface area contributed by atoms with E-state index in [1.165, 1.54) is 6.07 Å². The van der Waals surface area contributed by atoms with Gasteiger partial charge in [0.2, 0.25) is 0 Å². The number of nitrogens with one attached hydrogen (secondary N) is 1. The molecule has 1 aromatic heterocycles. The molecule has 2 rings (SSSR count). The molecule has 118 valence electrons. The molecule has 0 aliphatic carbocycles. The van der Waals surface area contributed by atoms with Crippen molar-refractivity contribution in [2.24, 2.45) is 0 Å². The van der Waals surface area contributed by atoms with Crippen LogP contribution in [-0.2, 0) is 0 Å². The fourth-order valence-electron chi connectivity index (χ4n) is 2.17. The predicted octanol–water partition coefficient (Wildman–Crippen LogP) is 0.952. The van der Waals surface area contributed by atoms with Gasteiger partial charge in [-0.1, -0.05) is 0 Å². The summed E-state index contributed by atoms with van der Waals surface area (Å²) in [6, 6.07) is 6.73. The van der Waals surface area contributed by atoms with Crippen molar-refractivity contribution < 1.29 is 20.1 Å². The van der Waals surface area contributed by atoms with Gasteiger partial charge in [0.15, 0.2) is 0 Å². The standard InChI is InChI=1S/C15H19N3O4/c1-9-5-10(2)18(17-9)14-4-3-11(6-13(14)15(21)22)16-7-12(20)8-19/h3-6,12,16,19-20H,7-8H2,1-2H3,(H,21,22). The van der Waals surface area contributed by atoms with Crippen LogP contribution < -0.4 is 5.32 Å². The van der Waals surface area contributed by atoms with Crippen LogP contribution in [0, 0.1) is 13.8 Å². The molecule has 2 aromatic rings. The summed E-state index contributed by atoms with van der Waals surface area (Å²) >= 11 is 0. The van der Waals surface area contributed by atoms with Gasteiger partial charge in [-0.3, -0.25) is 0 Å². The highest BCUT2D eigenvalue weighted by Gasteiger charge is 2.15. The molecule has 1 aromatic carbocycles. The van der Waals surface area contributed by atoms with E-state index < -0.39 is 12.1 Å². The summed E-state index contributed by atoms with van der Waals surface area (Å²) in [6.07, 6.45) is -0.899. The highest BCUT2D eigenvalue weighted by atomic mass is 16.4. The van der Waals surface area contributed by atoms with Crippen LogP contribution >= 0.6 is 0 Å². The van der Waals surface area contributed by atoms with E-state index >= 15 is 0 Å². The number of hydrogen-bond acceptors (Lipinski definition) is 5. The van der Waals surface area contributed by atoms with Gasteiger partial charge in [0.05, 0.1) is 29.7 Å². The summed E-state index contributed by atoms with van der Waals surface area (Å²) in [5, 5.41) is 34.7. The van der Waals surface area contributed by atoms with Gasteiger partial charge in [-0.2, -0.15) is 5.10 Å². The van der Waals surface area contributed by atoms with Crippen molar-refractivity contribution in [1.82, 2.24) is 9.78 Å². The first-order valence-corrected chi connectivity index (χ1v) is 6.86. The first-order valence-electron chi connectivity index (χ1n) is 6.86. The monoisotopic (exact) mass is 305 g/mol. The maximum absolute atomic E-state index is 11.5. The maximum Gasteiger partial charge on any atom is 0.337 e. The number of anilines is 1. The first kappa shape index (κ1) is 16.0. The lowest BCUT2D eigenvalue weighted by Crippen LogP contribution is -2.23. The minimum Gasteiger partial charge on any atom is -0.478 e. The van der Waals surface area contributed by atoms with Crippen LogP contribution in [0.5, 0.6) is 0 Å². The van der Waals surface area contributed by atoms with Crippen LogP contribution in [-0.4, -0.2) is 50.3 Å². The van der Waals surface area contributed by atoms with Crippen LogP contribution in [0.3, 0.4) is 0 Å². The van der Waals surface area contributed by atoms with Crippen LogP contribution in [0.15, 0.2) is 24.3 Å². The first-order chi connectivity index (χ1) is 10.4. The highest BCUT2D eigenvalue weighted by Crippen LogP contribution is 2.21. The Hall–Kier alpha value is -2.38. The number of carbonyl (C=O) groups is 1. The maximum atomic E-state index is 11.5. The number of aromatic carboxylic acids is 1. The molecule has 0 bridgehead atoms. The second kappa shape index (κ2) is 6.59. The Kier molecular flexibility index (Phi) is 4.79. The van der Waals surface area contributed by atoms with E-state index in [4.69, 9.17) is 5.11 Å². The fourth-order valence-corrected chi connectivity index (χ4v) is 2.17. The van der Waals surface area contributed by atoms with E-state index in [2.05, 4.69) is 10.4 Å². The average molecular weight is 305 g/mol. The molecule has 0 aliphatic rings. The van der Waals surface area contributed by atoms with Crippen molar-refractivity contribution in [1.29, 1.82) is 0 Å². The van der Waals surface area contributed by atoms with Crippen LogP contribution in [0.1, 0.15) is 21.7 Å². The molecule has 4 N–H and O–H groups in total. The van der Waals surface area contributed by atoms with E-state index in [1.807, 2.05) is 19.9 Å². The molecule has 0 saturated heterocycles. The second-order valence-electron chi connectivity index (χ2n) is 5.09. The molecule has 0 aliphatic heterocycles. The van der Waals surface area contributed by atoms with Crippen molar-refractivity contribution in [3.05, 3.63) is 41.2 Å².